The first kappa shape index (κ1) is 22.8. The summed E-state index contributed by atoms with van der Waals surface area (Å²) in [4.78, 5) is 12.6. The molecule has 0 saturated heterocycles. The fourth-order valence-corrected chi connectivity index (χ4v) is 5.25. The van der Waals surface area contributed by atoms with Crippen molar-refractivity contribution in [3.05, 3.63) is 29.8 Å². The fourth-order valence-electron chi connectivity index (χ4n) is 3.79. The SMILES string of the molecule is CCN(CC)S(=O)(=O)c1ccc([C@H](C)NCC(=O)N[C@@H]2CCCC[C@@H]2C)cc1. The summed E-state index contributed by atoms with van der Waals surface area (Å²) >= 11 is 0. The normalized spacial score (nSPS) is 21.5. The molecule has 2 N–H and O–H groups in total. The molecule has 0 unspecified atom stereocenters. The Balaban J connectivity index is 1.90. The molecule has 0 aromatic heterocycles. The minimum atomic E-state index is -3.44. The molecule has 1 saturated carbocycles. The average molecular weight is 410 g/mol. The number of hydrogen-bond donors (Lipinski definition) is 2. The molecule has 1 aliphatic rings. The maximum absolute atomic E-state index is 12.6. The van der Waals surface area contributed by atoms with Gasteiger partial charge in [-0.25, -0.2) is 8.42 Å². The predicted octanol–water partition coefficient (Wildman–Crippen LogP) is 3.06. The summed E-state index contributed by atoms with van der Waals surface area (Å²) in [6.07, 6.45) is 4.67. The predicted molar refractivity (Wildman–Crippen MR) is 113 cm³/mol. The maximum Gasteiger partial charge on any atom is 0.243 e. The summed E-state index contributed by atoms with van der Waals surface area (Å²) in [6.45, 7) is 9.00. The highest BCUT2D eigenvalue weighted by molar-refractivity contribution is 7.89. The molecule has 0 heterocycles. The van der Waals surface area contributed by atoms with Crippen molar-refractivity contribution in [2.24, 2.45) is 5.92 Å². The van der Waals surface area contributed by atoms with E-state index in [4.69, 9.17) is 0 Å². The summed E-state index contributed by atoms with van der Waals surface area (Å²) in [5, 5.41) is 6.38. The number of sulfonamides is 1. The van der Waals surface area contributed by atoms with Crippen molar-refractivity contribution < 1.29 is 13.2 Å². The third-order valence-corrected chi connectivity index (χ3v) is 7.81. The van der Waals surface area contributed by atoms with Crippen LogP contribution < -0.4 is 10.6 Å². The Morgan fingerprint density at radius 3 is 2.32 bits per heavy atom. The highest BCUT2D eigenvalue weighted by atomic mass is 32.2. The second kappa shape index (κ2) is 10.4. The Morgan fingerprint density at radius 2 is 1.75 bits per heavy atom. The third kappa shape index (κ3) is 5.78. The molecule has 28 heavy (non-hydrogen) atoms. The van der Waals surface area contributed by atoms with Crippen molar-refractivity contribution in [1.29, 1.82) is 0 Å². The Bertz CT molecular complexity index is 730. The van der Waals surface area contributed by atoms with Gasteiger partial charge < -0.3 is 10.6 Å². The molecular formula is C21H35N3O3S. The van der Waals surface area contributed by atoms with Gasteiger partial charge in [-0.15, -0.1) is 0 Å². The lowest BCUT2D eigenvalue weighted by atomic mass is 9.86. The van der Waals surface area contributed by atoms with E-state index in [9.17, 15) is 13.2 Å². The van der Waals surface area contributed by atoms with E-state index in [0.717, 1.165) is 12.0 Å². The van der Waals surface area contributed by atoms with Gasteiger partial charge in [-0.1, -0.05) is 45.7 Å². The van der Waals surface area contributed by atoms with Crippen LogP contribution in [0.1, 0.15) is 65.0 Å². The number of hydrogen-bond acceptors (Lipinski definition) is 4. The summed E-state index contributed by atoms with van der Waals surface area (Å²) in [7, 11) is -3.44. The molecule has 1 amide bonds. The zero-order chi connectivity index (χ0) is 20.7. The molecule has 3 atom stereocenters. The van der Waals surface area contributed by atoms with Gasteiger partial charge in [0.15, 0.2) is 0 Å². The molecule has 0 bridgehead atoms. The number of nitrogens with one attached hydrogen (secondary N) is 2. The van der Waals surface area contributed by atoms with Crippen LogP contribution in [0, 0.1) is 5.92 Å². The smallest absolute Gasteiger partial charge is 0.243 e. The van der Waals surface area contributed by atoms with Gasteiger partial charge in [0.1, 0.15) is 0 Å². The van der Waals surface area contributed by atoms with Gasteiger partial charge in [-0.05, 0) is 43.4 Å². The van der Waals surface area contributed by atoms with Crippen molar-refractivity contribution in [2.45, 2.75) is 70.4 Å². The van der Waals surface area contributed by atoms with Crippen LogP contribution in [-0.4, -0.2) is 44.3 Å². The van der Waals surface area contributed by atoms with Crippen molar-refractivity contribution in [1.82, 2.24) is 14.9 Å². The van der Waals surface area contributed by atoms with Crippen molar-refractivity contribution >= 4 is 15.9 Å². The van der Waals surface area contributed by atoms with Crippen molar-refractivity contribution in [3.8, 4) is 0 Å². The third-order valence-electron chi connectivity index (χ3n) is 5.75. The molecule has 0 radical (unpaired) electrons. The van der Waals surface area contributed by atoms with Crippen LogP contribution in [0.15, 0.2) is 29.2 Å². The van der Waals surface area contributed by atoms with Gasteiger partial charge in [0.25, 0.3) is 0 Å². The number of nitrogens with zero attached hydrogens (tertiary/aromatic N) is 1. The molecule has 0 spiro atoms. The van der Waals surface area contributed by atoms with Crippen LogP contribution in [0.2, 0.25) is 0 Å². The molecule has 1 aromatic rings. The van der Waals surface area contributed by atoms with E-state index in [2.05, 4.69) is 17.6 Å². The van der Waals surface area contributed by atoms with Gasteiger partial charge in [0.2, 0.25) is 15.9 Å². The van der Waals surface area contributed by atoms with Crippen LogP contribution in [0.25, 0.3) is 0 Å². The minimum Gasteiger partial charge on any atom is -0.352 e. The van der Waals surface area contributed by atoms with Crippen LogP contribution in [0.4, 0.5) is 0 Å². The Kier molecular flexibility index (Phi) is 8.46. The standard InChI is InChI=1S/C21H35N3O3S/c1-5-24(6-2)28(26,27)19-13-11-18(12-14-19)17(4)22-15-21(25)23-20-10-8-7-9-16(20)3/h11-14,16-17,20,22H,5-10,15H2,1-4H3,(H,23,25)/t16-,17-,20+/m0/s1. The van der Waals surface area contributed by atoms with Crippen molar-refractivity contribution in [2.75, 3.05) is 19.6 Å². The van der Waals surface area contributed by atoms with Gasteiger partial charge in [0.05, 0.1) is 11.4 Å². The number of carbonyl (C=O) groups excluding carboxylic acids is 1. The molecule has 1 fully saturated rings. The second-order valence-electron chi connectivity index (χ2n) is 7.70. The summed E-state index contributed by atoms with van der Waals surface area (Å²) in [5.74, 6) is 0.557. The van der Waals surface area contributed by atoms with Gasteiger partial charge in [-0.2, -0.15) is 4.31 Å². The van der Waals surface area contributed by atoms with E-state index in [0.29, 0.717) is 23.9 Å². The highest BCUT2D eigenvalue weighted by Crippen LogP contribution is 2.23. The monoisotopic (exact) mass is 409 g/mol. The second-order valence-corrected chi connectivity index (χ2v) is 9.63. The van der Waals surface area contributed by atoms with E-state index < -0.39 is 10.0 Å². The molecule has 158 valence electrons. The molecule has 1 aromatic carbocycles. The van der Waals surface area contributed by atoms with Gasteiger partial charge in [-0.3, -0.25) is 4.79 Å². The van der Waals surface area contributed by atoms with Crippen LogP contribution in [-0.2, 0) is 14.8 Å². The quantitative estimate of drug-likeness (QED) is 0.657. The van der Waals surface area contributed by atoms with Crippen LogP contribution >= 0.6 is 0 Å². The Labute approximate surface area is 170 Å². The van der Waals surface area contributed by atoms with Gasteiger partial charge in [0, 0.05) is 25.2 Å². The number of carbonyl (C=O) groups is 1. The zero-order valence-electron chi connectivity index (χ0n) is 17.6. The van der Waals surface area contributed by atoms with Crippen LogP contribution in [0.3, 0.4) is 0 Å². The Hall–Kier alpha value is -1.44. The fraction of sp³-hybridized carbons (Fsp3) is 0.667. The average Bonchev–Trinajstić information content (AvgIpc) is 2.68. The van der Waals surface area contributed by atoms with E-state index in [1.807, 2.05) is 32.9 Å². The van der Waals surface area contributed by atoms with Crippen molar-refractivity contribution in [3.63, 3.8) is 0 Å². The Morgan fingerprint density at radius 1 is 1.14 bits per heavy atom. The van der Waals surface area contributed by atoms with E-state index in [-0.39, 0.29) is 24.5 Å². The minimum absolute atomic E-state index is 0.0198. The molecular weight excluding hydrogens is 374 g/mol. The number of benzene rings is 1. The molecule has 6 nitrogen and oxygen atoms in total. The number of rotatable bonds is 9. The highest BCUT2D eigenvalue weighted by Gasteiger charge is 2.23. The van der Waals surface area contributed by atoms with E-state index in [1.54, 1.807) is 12.1 Å². The first-order valence-corrected chi connectivity index (χ1v) is 11.9. The number of amides is 1. The van der Waals surface area contributed by atoms with Gasteiger partial charge >= 0.3 is 0 Å². The van der Waals surface area contributed by atoms with E-state index >= 15 is 0 Å². The molecule has 2 rings (SSSR count). The lowest BCUT2D eigenvalue weighted by Crippen LogP contribution is -2.45. The summed E-state index contributed by atoms with van der Waals surface area (Å²) in [6, 6.07) is 7.16. The summed E-state index contributed by atoms with van der Waals surface area (Å²) in [5.41, 5.74) is 0.956. The maximum atomic E-state index is 12.6. The first-order valence-electron chi connectivity index (χ1n) is 10.4. The van der Waals surface area contributed by atoms with Crippen LogP contribution in [0.5, 0.6) is 0 Å². The molecule has 1 aliphatic carbocycles. The topological polar surface area (TPSA) is 78.5 Å². The summed E-state index contributed by atoms with van der Waals surface area (Å²) < 4.78 is 26.6. The largest absolute Gasteiger partial charge is 0.352 e. The molecule has 0 aliphatic heterocycles. The first-order chi connectivity index (χ1) is 13.3. The lowest BCUT2D eigenvalue weighted by Gasteiger charge is -2.29. The molecule has 7 heteroatoms. The van der Waals surface area contributed by atoms with E-state index in [1.165, 1.54) is 23.6 Å². The zero-order valence-corrected chi connectivity index (χ0v) is 18.4. The lowest BCUT2D eigenvalue weighted by molar-refractivity contribution is -0.121.